The third-order valence-corrected chi connectivity index (χ3v) is 8.17. The van der Waals surface area contributed by atoms with Crippen LogP contribution in [0.5, 0.6) is 0 Å². The fourth-order valence-corrected chi connectivity index (χ4v) is 4.69. The molecule has 6 nitrogen and oxygen atoms in total. The van der Waals surface area contributed by atoms with Gasteiger partial charge in [-0.2, -0.15) is 0 Å². The van der Waals surface area contributed by atoms with E-state index in [4.69, 9.17) is 0 Å². The van der Waals surface area contributed by atoms with Crippen molar-refractivity contribution in [3.05, 3.63) is 130 Å². The zero-order chi connectivity index (χ0) is 31.7. The Bertz CT molecular complexity index is 1450. The van der Waals surface area contributed by atoms with E-state index in [9.17, 15) is 9.59 Å². The molecule has 0 bridgehead atoms. The standard InChI is InChI=1S/C38H44N4O2/c1-7-41(3,4)27-31-11-19-33(20-12-31)37(43)39-35-23-15-29(16-24-35)9-10-30-17-25-36(26-18-30)40-38(44)34-21-13-32(14-22-34)28-42(5,6)8-2/h9-26H,7-8,27-28H2,1-6H3/p+2. The molecule has 0 aliphatic heterocycles. The van der Waals surface area contributed by atoms with Gasteiger partial charge in [-0.05, 0) is 73.5 Å². The van der Waals surface area contributed by atoms with Crippen molar-refractivity contribution in [2.24, 2.45) is 0 Å². The summed E-state index contributed by atoms with van der Waals surface area (Å²) in [4.78, 5) is 25.5. The van der Waals surface area contributed by atoms with Crippen LogP contribution in [0, 0.1) is 0 Å². The lowest BCUT2D eigenvalue weighted by Crippen LogP contribution is -2.38. The Labute approximate surface area is 262 Å². The van der Waals surface area contributed by atoms with Crippen LogP contribution in [0.15, 0.2) is 97.1 Å². The molecule has 0 radical (unpaired) electrons. The molecule has 4 rings (SSSR count). The number of hydrogen-bond acceptors (Lipinski definition) is 2. The van der Waals surface area contributed by atoms with Gasteiger partial charge in [0.25, 0.3) is 11.8 Å². The first-order chi connectivity index (χ1) is 20.9. The largest absolute Gasteiger partial charge is 0.325 e. The molecule has 2 N–H and O–H groups in total. The second-order valence-electron chi connectivity index (χ2n) is 12.7. The van der Waals surface area contributed by atoms with E-state index in [-0.39, 0.29) is 11.8 Å². The van der Waals surface area contributed by atoms with Gasteiger partial charge in [-0.1, -0.05) is 60.7 Å². The van der Waals surface area contributed by atoms with Crippen LogP contribution in [0.25, 0.3) is 12.2 Å². The van der Waals surface area contributed by atoms with Gasteiger partial charge >= 0.3 is 0 Å². The highest BCUT2D eigenvalue weighted by Gasteiger charge is 2.15. The molecule has 0 saturated heterocycles. The zero-order valence-electron chi connectivity index (χ0n) is 26.9. The van der Waals surface area contributed by atoms with Crippen molar-refractivity contribution in [3.8, 4) is 0 Å². The van der Waals surface area contributed by atoms with Crippen molar-refractivity contribution in [2.75, 3.05) is 51.9 Å². The minimum atomic E-state index is -0.122. The van der Waals surface area contributed by atoms with Gasteiger partial charge in [-0.3, -0.25) is 9.59 Å². The molecule has 0 fully saturated rings. The van der Waals surface area contributed by atoms with Gasteiger partial charge in [-0.15, -0.1) is 0 Å². The molecule has 0 heterocycles. The lowest BCUT2D eigenvalue weighted by atomic mass is 10.1. The Morgan fingerprint density at radius 3 is 1.14 bits per heavy atom. The molecule has 0 aliphatic rings. The molecule has 2 amide bonds. The van der Waals surface area contributed by atoms with E-state index in [1.165, 1.54) is 11.1 Å². The van der Waals surface area contributed by atoms with E-state index in [0.29, 0.717) is 11.1 Å². The maximum absolute atomic E-state index is 12.8. The van der Waals surface area contributed by atoms with Gasteiger partial charge in [0.2, 0.25) is 0 Å². The number of nitrogens with zero attached hydrogens (tertiary/aromatic N) is 2. The van der Waals surface area contributed by atoms with E-state index in [1.54, 1.807) is 0 Å². The van der Waals surface area contributed by atoms with E-state index >= 15 is 0 Å². The summed E-state index contributed by atoms with van der Waals surface area (Å²) < 4.78 is 1.81. The topological polar surface area (TPSA) is 58.2 Å². The summed E-state index contributed by atoms with van der Waals surface area (Å²) >= 11 is 0. The average molecular weight is 591 g/mol. The van der Waals surface area contributed by atoms with Crippen molar-refractivity contribution in [3.63, 3.8) is 0 Å². The Balaban J connectivity index is 1.28. The molecule has 0 saturated carbocycles. The SMILES string of the molecule is CC[N+](C)(C)Cc1ccc(C(=O)Nc2ccc(C=Cc3ccc(NC(=O)c4ccc(C[N+](C)(C)CC)cc4)cc3)cc2)cc1. The summed E-state index contributed by atoms with van der Waals surface area (Å²) in [5.74, 6) is -0.243. The van der Waals surface area contributed by atoms with E-state index < -0.39 is 0 Å². The van der Waals surface area contributed by atoms with Crippen LogP contribution in [0.2, 0.25) is 0 Å². The first-order valence-corrected chi connectivity index (χ1v) is 15.3. The number of carbonyl (C=O) groups is 2. The van der Waals surface area contributed by atoms with Crippen LogP contribution in [0.4, 0.5) is 11.4 Å². The number of rotatable bonds is 12. The Hall–Kier alpha value is -4.52. The molecule has 44 heavy (non-hydrogen) atoms. The summed E-state index contributed by atoms with van der Waals surface area (Å²) in [7, 11) is 8.80. The van der Waals surface area contributed by atoms with Crippen LogP contribution in [-0.4, -0.2) is 62.1 Å². The molecule has 4 aromatic rings. The predicted octanol–water partition coefficient (Wildman–Crippen LogP) is 7.55. The molecule has 0 aromatic heterocycles. The predicted molar refractivity (Wildman–Crippen MR) is 183 cm³/mol. The van der Waals surface area contributed by atoms with Gasteiger partial charge in [0, 0.05) is 33.6 Å². The van der Waals surface area contributed by atoms with Crippen molar-refractivity contribution in [1.82, 2.24) is 0 Å². The third-order valence-electron chi connectivity index (χ3n) is 8.17. The third kappa shape index (κ3) is 9.49. The maximum Gasteiger partial charge on any atom is 0.255 e. The van der Waals surface area contributed by atoms with Crippen molar-refractivity contribution < 1.29 is 18.6 Å². The lowest BCUT2D eigenvalue weighted by Gasteiger charge is -2.28. The lowest BCUT2D eigenvalue weighted by molar-refractivity contribution is -0.901. The van der Waals surface area contributed by atoms with E-state index in [1.807, 2.05) is 109 Å². The summed E-state index contributed by atoms with van der Waals surface area (Å²) in [5, 5.41) is 5.97. The highest BCUT2D eigenvalue weighted by Crippen LogP contribution is 2.18. The molecule has 6 heteroatoms. The minimum absolute atomic E-state index is 0.122. The number of benzene rings is 4. The molecule has 228 valence electrons. The van der Waals surface area contributed by atoms with Crippen LogP contribution < -0.4 is 10.6 Å². The molecule has 0 unspecified atom stereocenters. The fraction of sp³-hybridized carbons (Fsp3) is 0.263. The Morgan fingerprint density at radius 1 is 0.523 bits per heavy atom. The van der Waals surface area contributed by atoms with Gasteiger partial charge in [0.15, 0.2) is 0 Å². The van der Waals surface area contributed by atoms with Gasteiger partial charge in [-0.25, -0.2) is 0 Å². The maximum atomic E-state index is 12.8. The van der Waals surface area contributed by atoms with E-state index in [2.05, 4.69) is 52.7 Å². The molecular formula is C38H46N4O2+2. The van der Waals surface area contributed by atoms with E-state index in [0.717, 1.165) is 57.6 Å². The summed E-state index contributed by atoms with van der Waals surface area (Å²) in [6, 6.07) is 31.2. The summed E-state index contributed by atoms with van der Waals surface area (Å²) in [6.07, 6.45) is 4.04. The van der Waals surface area contributed by atoms with Crippen LogP contribution >= 0.6 is 0 Å². The summed E-state index contributed by atoms with van der Waals surface area (Å²) in [5.41, 5.74) is 7.26. The monoisotopic (exact) mass is 590 g/mol. The number of hydrogen-bond donors (Lipinski definition) is 2. The van der Waals surface area contributed by atoms with Gasteiger partial charge in [0.05, 0.1) is 41.3 Å². The van der Waals surface area contributed by atoms with Crippen molar-refractivity contribution in [1.29, 1.82) is 0 Å². The van der Waals surface area contributed by atoms with Crippen LogP contribution in [0.3, 0.4) is 0 Å². The highest BCUT2D eigenvalue weighted by molar-refractivity contribution is 6.05. The molecule has 4 aromatic carbocycles. The van der Waals surface area contributed by atoms with Crippen LogP contribution in [-0.2, 0) is 13.1 Å². The highest BCUT2D eigenvalue weighted by atomic mass is 16.2. The number of amides is 2. The smallest absolute Gasteiger partial charge is 0.255 e. The quantitative estimate of drug-likeness (QED) is 0.132. The molecule has 0 atom stereocenters. The second kappa shape index (κ2) is 14.3. The van der Waals surface area contributed by atoms with Crippen molar-refractivity contribution in [2.45, 2.75) is 26.9 Å². The summed E-state index contributed by atoms with van der Waals surface area (Å²) in [6.45, 7) is 8.32. The van der Waals surface area contributed by atoms with Crippen LogP contribution in [0.1, 0.15) is 56.8 Å². The Morgan fingerprint density at radius 2 is 0.841 bits per heavy atom. The number of carbonyl (C=O) groups excluding carboxylic acids is 2. The first kappa shape index (κ1) is 32.4. The normalized spacial score (nSPS) is 11.9. The van der Waals surface area contributed by atoms with Crippen molar-refractivity contribution >= 4 is 35.3 Å². The number of nitrogens with one attached hydrogen (secondary N) is 2. The molecule has 0 spiro atoms. The zero-order valence-corrected chi connectivity index (χ0v) is 26.9. The van der Waals surface area contributed by atoms with Gasteiger partial charge in [0.1, 0.15) is 13.1 Å². The number of quaternary nitrogens is 2. The average Bonchev–Trinajstić information content (AvgIpc) is 3.01. The molecular weight excluding hydrogens is 544 g/mol. The fourth-order valence-electron chi connectivity index (χ4n) is 4.69. The molecule has 0 aliphatic carbocycles. The Kier molecular flexibility index (Phi) is 10.5. The minimum Gasteiger partial charge on any atom is -0.325 e. The van der Waals surface area contributed by atoms with Gasteiger partial charge < -0.3 is 19.6 Å². The first-order valence-electron chi connectivity index (χ1n) is 15.3. The number of anilines is 2. The second-order valence-corrected chi connectivity index (χ2v) is 12.7.